The molecule has 8 heteroatoms. The minimum absolute atomic E-state index is 0.0804. The second-order valence-corrected chi connectivity index (χ2v) is 8.36. The van der Waals surface area contributed by atoms with Crippen molar-refractivity contribution in [2.75, 3.05) is 11.5 Å². The summed E-state index contributed by atoms with van der Waals surface area (Å²) in [4.78, 5) is 28.1. The molecule has 8 nitrogen and oxygen atoms in total. The molecule has 0 aliphatic carbocycles. The summed E-state index contributed by atoms with van der Waals surface area (Å²) in [6.07, 6.45) is -2.84. The van der Waals surface area contributed by atoms with Crippen LogP contribution in [0, 0.1) is 23.2 Å². The average Bonchev–Trinajstić information content (AvgIpc) is 3.25. The van der Waals surface area contributed by atoms with E-state index in [1.54, 1.807) is 36.4 Å². The van der Waals surface area contributed by atoms with Gasteiger partial charge in [-0.2, -0.15) is 5.26 Å². The number of benzene rings is 2. The number of imide groups is 1. The summed E-state index contributed by atoms with van der Waals surface area (Å²) in [5, 5.41) is 41.5. The molecule has 2 aromatic carbocycles. The number of aliphatic hydroxyl groups excluding tert-OH is 3. The molecule has 0 unspecified atom stereocenters. The smallest absolute Gasteiger partial charge is 0.240 e. The summed E-state index contributed by atoms with van der Waals surface area (Å²) in [7, 11) is 0. The number of rotatable bonds is 3. The zero-order chi connectivity index (χ0) is 21.4. The molecule has 3 heterocycles. The number of fused-ring (bicyclic) bond motifs is 6. The number of hydrogen-bond donors (Lipinski definition) is 3. The number of nitrogens with zero attached hydrogens (tertiary/aromatic N) is 2. The highest BCUT2D eigenvalue weighted by Gasteiger charge is 2.80. The van der Waals surface area contributed by atoms with Crippen LogP contribution in [0.5, 0.6) is 0 Å². The van der Waals surface area contributed by atoms with Crippen LogP contribution >= 0.6 is 0 Å². The number of carbonyl (C=O) groups excluding carboxylic acids is 2. The molecule has 0 spiro atoms. The molecule has 0 saturated carbocycles. The van der Waals surface area contributed by atoms with Gasteiger partial charge in [0.1, 0.15) is 23.4 Å². The lowest BCUT2D eigenvalue weighted by molar-refractivity contribution is -0.137. The van der Waals surface area contributed by atoms with Gasteiger partial charge in [0.25, 0.3) is 0 Å². The Morgan fingerprint density at radius 2 is 1.73 bits per heavy atom. The van der Waals surface area contributed by atoms with Gasteiger partial charge in [-0.3, -0.25) is 9.59 Å². The third kappa shape index (κ3) is 2.03. The first-order valence-corrected chi connectivity index (χ1v) is 9.78. The first-order chi connectivity index (χ1) is 14.3. The van der Waals surface area contributed by atoms with Gasteiger partial charge in [-0.1, -0.05) is 24.3 Å². The monoisotopic (exact) mass is 408 g/mol. The molecule has 0 aromatic heterocycles. The predicted molar refractivity (Wildman–Crippen MR) is 104 cm³/mol. The van der Waals surface area contributed by atoms with Crippen LogP contribution in [-0.4, -0.2) is 57.2 Å². The lowest BCUT2D eigenvalue weighted by Crippen LogP contribution is -2.58. The normalized spacial score (nSPS) is 37.1. The van der Waals surface area contributed by atoms with Gasteiger partial charge in [0.05, 0.1) is 29.2 Å². The first kappa shape index (κ1) is 19.2. The lowest BCUT2D eigenvalue weighted by atomic mass is 9.64. The zero-order valence-corrected chi connectivity index (χ0v) is 16.1. The summed E-state index contributed by atoms with van der Waals surface area (Å²) < 4.78 is 5.96. The maximum absolute atomic E-state index is 13.5. The summed E-state index contributed by atoms with van der Waals surface area (Å²) in [6, 6.07) is 12.3. The Balaban J connectivity index is 1.69. The predicted octanol–water partition coefficient (Wildman–Crippen LogP) is 0.463. The van der Waals surface area contributed by atoms with Crippen molar-refractivity contribution in [3.63, 3.8) is 0 Å². The molecule has 3 fully saturated rings. The van der Waals surface area contributed by atoms with Crippen LogP contribution in [0.1, 0.15) is 18.9 Å². The summed E-state index contributed by atoms with van der Waals surface area (Å²) in [5.41, 5.74) is -2.20. The summed E-state index contributed by atoms with van der Waals surface area (Å²) in [5.74, 6) is -3.06. The number of amides is 2. The van der Waals surface area contributed by atoms with Gasteiger partial charge in [0, 0.05) is 23.8 Å². The van der Waals surface area contributed by atoms with Gasteiger partial charge in [0.15, 0.2) is 0 Å². The highest BCUT2D eigenvalue weighted by atomic mass is 16.6. The van der Waals surface area contributed by atoms with Crippen LogP contribution in [0.25, 0.3) is 10.8 Å². The fraction of sp³-hybridized carbons (Fsp3) is 0.409. The minimum atomic E-state index is -1.53. The molecule has 6 atom stereocenters. The van der Waals surface area contributed by atoms with Crippen LogP contribution < -0.4 is 4.90 Å². The van der Waals surface area contributed by atoms with E-state index in [9.17, 15) is 30.2 Å². The van der Waals surface area contributed by atoms with Crippen molar-refractivity contribution in [2.24, 2.45) is 11.8 Å². The molecule has 30 heavy (non-hydrogen) atoms. The standard InChI is InChI=1S/C22H20N2O6/c1-21-15-16(22(30-21,8-9-25)18(27)17(21)26)20(29)24(19(15)28)14-7-6-11(10-23)12-4-2-3-5-13(12)14/h2-7,15-18,25-27H,8-9H2,1H3/t15-,16+,17-,18+,21+,22-/m1/s1. The Morgan fingerprint density at radius 1 is 1.07 bits per heavy atom. The highest BCUT2D eigenvalue weighted by molar-refractivity contribution is 6.26. The van der Waals surface area contributed by atoms with E-state index in [2.05, 4.69) is 6.07 Å². The van der Waals surface area contributed by atoms with Gasteiger partial charge >= 0.3 is 0 Å². The van der Waals surface area contributed by atoms with Gasteiger partial charge in [-0.25, -0.2) is 4.90 Å². The second-order valence-electron chi connectivity index (χ2n) is 8.36. The maximum Gasteiger partial charge on any atom is 0.240 e. The number of aliphatic hydroxyl groups is 3. The van der Waals surface area contributed by atoms with Gasteiger partial charge in [-0.05, 0) is 19.1 Å². The summed E-state index contributed by atoms with van der Waals surface area (Å²) in [6.45, 7) is 1.15. The fourth-order valence-corrected chi connectivity index (χ4v) is 5.69. The maximum atomic E-state index is 13.5. The Morgan fingerprint density at radius 3 is 2.40 bits per heavy atom. The van der Waals surface area contributed by atoms with E-state index in [0.717, 1.165) is 4.90 Å². The molecule has 2 aromatic rings. The third-order valence-electron chi connectivity index (χ3n) is 7.01. The molecule has 3 aliphatic heterocycles. The SMILES string of the molecule is C[C@]12O[C@](CCO)([C@@H]3C(=O)N(c4ccc(C#N)c5ccccc45)C(=O)[C@@H]31)[C@@H](O)[C@H]2O. The highest BCUT2D eigenvalue weighted by Crippen LogP contribution is 2.62. The number of anilines is 1. The first-order valence-electron chi connectivity index (χ1n) is 9.78. The van der Waals surface area contributed by atoms with Crippen LogP contribution in [0.4, 0.5) is 5.69 Å². The van der Waals surface area contributed by atoms with Crippen LogP contribution in [0.2, 0.25) is 0 Å². The zero-order valence-electron chi connectivity index (χ0n) is 16.1. The number of carbonyl (C=O) groups is 2. The molecule has 5 rings (SSSR count). The Hall–Kier alpha value is -2.83. The Kier molecular flexibility index (Phi) is 3.89. The van der Waals surface area contributed by atoms with Crippen LogP contribution in [-0.2, 0) is 14.3 Å². The molecular formula is C22H20N2O6. The van der Waals surface area contributed by atoms with Crippen LogP contribution in [0.3, 0.4) is 0 Å². The number of ether oxygens (including phenoxy) is 1. The van der Waals surface area contributed by atoms with E-state index in [1.807, 2.05) is 0 Å². The second kappa shape index (κ2) is 6.09. The quantitative estimate of drug-likeness (QED) is 0.629. The lowest BCUT2D eigenvalue weighted by Gasteiger charge is -2.37. The van der Waals surface area contributed by atoms with E-state index < -0.39 is 47.1 Å². The van der Waals surface area contributed by atoms with Crippen molar-refractivity contribution >= 4 is 28.3 Å². The van der Waals surface area contributed by atoms with Crippen molar-refractivity contribution in [3.05, 3.63) is 42.0 Å². The topological polar surface area (TPSA) is 131 Å². The van der Waals surface area contributed by atoms with E-state index in [0.29, 0.717) is 22.0 Å². The molecule has 3 aliphatic rings. The molecule has 3 N–H and O–H groups in total. The van der Waals surface area contributed by atoms with Crippen molar-refractivity contribution < 1.29 is 29.6 Å². The van der Waals surface area contributed by atoms with E-state index in [4.69, 9.17) is 4.74 Å². The third-order valence-corrected chi connectivity index (χ3v) is 7.01. The van der Waals surface area contributed by atoms with E-state index in [-0.39, 0.29) is 13.0 Å². The van der Waals surface area contributed by atoms with Crippen molar-refractivity contribution in [1.29, 1.82) is 5.26 Å². The molecule has 0 radical (unpaired) electrons. The van der Waals surface area contributed by atoms with E-state index in [1.165, 1.54) is 6.92 Å². The van der Waals surface area contributed by atoms with Gasteiger partial charge in [0.2, 0.25) is 11.8 Å². The Bertz CT molecular complexity index is 1140. The fourth-order valence-electron chi connectivity index (χ4n) is 5.69. The largest absolute Gasteiger partial charge is 0.396 e. The number of nitriles is 1. The van der Waals surface area contributed by atoms with E-state index >= 15 is 0 Å². The summed E-state index contributed by atoms with van der Waals surface area (Å²) >= 11 is 0. The van der Waals surface area contributed by atoms with Gasteiger partial charge < -0.3 is 20.1 Å². The van der Waals surface area contributed by atoms with Crippen molar-refractivity contribution in [2.45, 2.75) is 36.8 Å². The average molecular weight is 408 g/mol. The molecule has 2 bridgehead atoms. The molecular weight excluding hydrogens is 388 g/mol. The van der Waals surface area contributed by atoms with Crippen molar-refractivity contribution in [3.8, 4) is 6.07 Å². The molecule has 2 amide bonds. The minimum Gasteiger partial charge on any atom is -0.396 e. The molecule has 3 saturated heterocycles. The van der Waals surface area contributed by atoms with Gasteiger partial charge in [-0.15, -0.1) is 0 Å². The molecule has 154 valence electrons. The Labute approximate surface area is 171 Å². The van der Waals surface area contributed by atoms with Crippen molar-refractivity contribution in [1.82, 2.24) is 0 Å². The number of hydrogen-bond acceptors (Lipinski definition) is 7. The van der Waals surface area contributed by atoms with Crippen LogP contribution in [0.15, 0.2) is 36.4 Å².